The van der Waals surface area contributed by atoms with Crippen LogP contribution in [0.25, 0.3) is 0 Å². The van der Waals surface area contributed by atoms with Crippen LogP contribution >= 0.6 is 0 Å². The Labute approximate surface area is 58.8 Å². The van der Waals surface area contributed by atoms with Crippen LogP contribution in [0.15, 0.2) is 0 Å². The van der Waals surface area contributed by atoms with Gasteiger partial charge in [0.2, 0.25) is 0 Å². The minimum Gasteiger partial charge on any atom is -0.314 e. The summed E-state index contributed by atoms with van der Waals surface area (Å²) in [6.07, 6.45) is 1.23. The van der Waals surface area contributed by atoms with Crippen molar-refractivity contribution in [2.45, 2.75) is 40.2 Å². The van der Waals surface area contributed by atoms with Gasteiger partial charge in [0, 0.05) is 6.04 Å². The van der Waals surface area contributed by atoms with Crippen molar-refractivity contribution in [2.24, 2.45) is 5.92 Å². The molecule has 0 aromatic heterocycles. The molecule has 0 saturated carbocycles. The number of rotatable bonds is 4. The molecule has 1 atom stereocenters. The molecule has 9 heavy (non-hydrogen) atoms. The van der Waals surface area contributed by atoms with Crippen LogP contribution in [-0.2, 0) is 0 Å². The topological polar surface area (TPSA) is 12.0 Å². The van der Waals surface area contributed by atoms with Gasteiger partial charge in [0.25, 0.3) is 0 Å². The molecule has 0 aliphatic heterocycles. The third kappa shape index (κ3) is 5.84. The van der Waals surface area contributed by atoms with Gasteiger partial charge in [-0.3, -0.25) is 0 Å². The molecular formula is C8H19N. The fourth-order valence-corrected chi connectivity index (χ4v) is 0.581. The van der Waals surface area contributed by atoms with E-state index in [4.69, 9.17) is 0 Å². The van der Waals surface area contributed by atoms with Crippen molar-refractivity contribution < 1.29 is 0 Å². The Kier molecular flexibility index (Phi) is 4.78. The highest BCUT2D eigenvalue weighted by molar-refractivity contribution is 4.58. The molecular weight excluding hydrogens is 110 g/mol. The third-order valence-electron chi connectivity index (χ3n) is 1.49. The van der Waals surface area contributed by atoms with Crippen LogP contribution in [-0.4, -0.2) is 12.6 Å². The van der Waals surface area contributed by atoms with Gasteiger partial charge >= 0.3 is 0 Å². The molecule has 0 bridgehead atoms. The molecule has 0 aliphatic rings. The van der Waals surface area contributed by atoms with Crippen molar-refractivity contribution in [3.63, 3.8) is 0 Å². The average molecular weight is 129 g/mol. The van der Waals surface area contributed by atoms with E-state index in [9.17, 15) is 0 Å². The fraction of sp³-hybridized carbons (Fsp3) is 1.00. The molecule has 0 rings (SSSR count). The van der Waals surface area contributed by atoms with Gasteiger partial charge < -0.3 is 5.32 Å². The summed E-state index contributed by atoms with van der Waals surface area (Å²) in [5, 5.41) is 3.43. The van der Waals surface area contributed by atoms with Gasteiger partial charge in [-0.1, -0.05) is 20.8 Å². The summed E-state index contributed by atoms with van der Waals surface area (Å²) in [6, 6.07) is 0.687. The molecule has 0 fully saturated rings. The first-order chi connectivity index (χ1) is 4.16. The lowest BCUT2D eigenvalue weighted by atomic mass is 10.2. The third-order valence-corrected chi connectivity index (χ3v) is 1.49. The molecule has 0 spiro atoms. The smallest absolute Gasteiger partial charge is 0.00362 e. The van der Waals surface area contributed by atoms with E-state index in [2.05, 4.69) is 33.0 Å². The normalized spacial score (nSPS) is 14.3. The zero-order chi connectivity index (χ0) is 7.28. The highest BCUT2D eigenvalue weighted by Crippen LogP contribution is 1.91. The molecule has 0 radical (unpaired) electrons. The Balaban J connectivity index is 3.06. The lowest BCUT2D eigenvalue weighted by molar-refractivity contribution is 0.475. The average Bonchev–Trinajstić information content (AvgIpc) is 1.83. The van der Waals surface area contributed by atoms with Gasteiger partial charge in [0.05, 0.1) is 0 Å². The van der Waals surface area contributed by atoms with E-state index in [1.54, 1.807) is 0 Å². The number of hydrogen-bond donors (Lipinski definition) is 1. The Morgan fingerprint density at radius 2 is 1.78 bits per heavy atom. The lowest BCUT2D eigenvalue weighted by Crippen LogP contribution is -2.28. The summed E-state index contributed by atoms with van der Waals surface area (Å²) in [4.78, 5) is 0. The molecule has 0 aromatic rings. The monoisotopic (exact) mass is 129 g/mol. The molecule has 0 saturated heterocycles. The summed E-state index contributed by atoms with van der Waals surface area (Å²) in [7, 11) is 0. The first-order valence-corrected chi connectivity index (χ1v) is 3.90. The van der Waals surface area contributed by atoms with Gasteiger partial charge in [0.15, 0.2) is 0 Å². The highest BCUT2D eigenvalue weighted by atomic mass is 14.9. The van der Waals surface area contributed by atoms with Crippen LogP contribution in [0.2, 0.25) is 0 Å². The maximum atomic E-state index is 3.43. The molecule has 1 heteroatoms. The van der Waals surface area contributed by atoms with Gasteiger partial charge in [-0.05, 0) is 25.8 Å². The summed E-state index contributed by atoms with van der Waals surface area (Å²) in [5.41, 5.74) is 0. The Morgan fingerprint density at radius 3 is 2.11 bits per heavy atom. The van der Waals surface area contributed by atoms with Crippen LogP contribution in [0.1, 0.15) is 34.1 Å². The van der Waals surface area contributed by atoms with Gasteiger partial charge in [-0.2, -0.15) is 0 Å². The first kappa shape index (κ1) is 8.96. The van der Waals surface area contributed by atoms with E-state index in [0.29, 0.717) is 6.04 Å². The van der Waals surface area contributed by atoms with E-state index in [1.165, 1.54) is 6.42 Å². The second-order valence-electron chi connectivity index (χ2n) is 3.11. The van der Waals surface area contributed by atoms with Crippen LogP contribution in [0.5, 0.6) is 0 Å². The van der Waals surface area contributed by atoms with Crippen LogP contribution < -0.4 is 5.32 Å². The summed E-state index contributed by atoms with van der Waals surface area (Å²) in [6.45, 7) is 10.0. The van der Waals surface area contributed by atoms with Gasteiger partial charge in [0.1, 0.15) is 0 Å². The minimum atomic E-state index is 0.687. The number of hydrogen-bond acceptors (Lipinski definition) is 1. The maximum absolute atomic E-state index is 3.43. The van der Waals surface area contributed by atoms with Crippen molar-refractivity contribution in [2.75, 3.05) is 6.54 Å². The van der Waals surface area contributed by atoms with E-state index >= 15 is 0 Å². The fourth-order valence-electron chi connectivity index (χ4n) is 0.581. The second-order valence-corrected chi connectivity index (χ2v) is 3.11. The van der Waals surface area contributed by atoms with Crippen molar-refractivity contribution >= 4 is 0 Å². The molecule has 0 aromatic carbocycles. The molecule has 56 valence electrons. The van der Waals surface area contributed by atoms with E-state index in [1.807, 2.05) is 0 Å². The Morgan fingerprint density at radius 1 is 1.22 bits per heavy atom. The van der Waals surface area contributed by atoms with Crippen LogP contribution in [0, 0.1) is 5.92 Å². The zero-order valence-electron chi connectivity index (χ0n) is 7.07. The van der Waals surface area contributed by atoms with Crippen molar-refractivity contribution in [3.8, 4) is 0 Å². The van der Waals surface area contributed by atoms with Gasteiger partial charge in [-0.15, -0.1) is 0 Å². The molecule has 0 heterocycles. The lowest BCUT2D eigenvalue weighted by Gasteiger charge is -2.12. The van der Waals surface area contributed by atoms with Crippen molar-refractivity contribution in [1.29, 1.82) is 0 Å². The molecule has 0 unspecified atom stereocenters. The summed E-state index contributed by atoms with van der Waals surface area (Å²) < 4.78 is 0. The van der Waals surface area contributed by atoms with Crippen LogP contribution in [0.3, 0.4) is 0 Å². The number of nitrogens with one attached hydrogen (secondary N) is 1. The van der Waals surface area contributed by atoms with Crippen molar-refractivity contribution in [3.05, 3.63) is 0 Å². The Bertz CT molecular complexity index is 59.6. The van der Waals surface area contributed by atoms with E-state index in [-0.39, 0.29) is 0 Å². The van der Waals surface area contributed by atoms with E-state index in [0.717, 1.165) is 12.5 Å². The summed E-state index contributed by atoms with van der Waals surface area (Å²) in [5.74, 6) is 0.777. The molecule has 0 amide bonds. The Hall–Kier alpha value is -0.0400. The van der Waals surface area contributed by atoms with Gasteiger partial charge in [-0.25, -0.2) is 0 Å². The zero-order valence-corrected chi connectivity index (χ0v) is 7.07. The predicted octanol–water partition coefficient (Wildman–Crippen LogP) is 2.03. The largest absolute Gasteiger partial charge is 0.314 e. The van der Waals surface area contributed by atoms with Crippen LogP contribution in [0.4, 0.5) is 0 Å². The quantitative estimate of drug-likeness (QED) is 0.612. The standard InChI is InChI=1S/C8H19N/c1-5-8(4)9-6-7(2)3/h7-9H,5-6H2,1-4H3/t8-/m0/s1. The van der Waals surface area contributed by atoms with E-state index < -0.39 is 0 Å². The first-order valence-electron chi connectivity index (χ1n) is 3.90. The second kappa shape index (κ2) is 4.80. The molecule has 0 aliphatic carbocycles. The van der Waals surface area contributed by atoms with Crippen molar-refractivity contribution in [1.82, 2.24) is 5.32 Å². The highest BCUT2D eigenvalue weighted by Gasteiger charge is 1.97. The maximum Gasteiger partial charge on any atom is 0.00362 e. The summed E-state index contributed by atoms with van der Waals surface area (Å²) >= 11 is 0. The minimum absolute atomic E-state index is 0.687. The molecule has 1 N–H and O–H groups in total. The predicted molar refractivity (Wildman–Crippen MR) is 42.6 cm³/mol. The SMILES string of the molecule is CC[C@H](C)NCC(C)C. The molecule has 1 nitrogen and oxygen atoms in total.